The van der Waals surface area contributed by atoms with E-state index in [9.17, 15) is 0 Å². The van der Waals surface area contributed by atoms with Crippen LogP contribution in [0.15, 0.2) is 23.0 Å². The van der Waals surface area contributed by atoms with Crippen molar-refractivity contribution in [1.29, 1.82) is 0 Å². The van der Waals surface area contributed by atoms with Crippen LogP contribution in [0.2, 0.25) is 0 Å². The highest BCUT2D eigenvalue weighted by Crippen LogP contribution is 2.56. The Morgan fingerprint density at radius 2 is 1.08 bits per heavy atom. The zero-order valence-corrected chi connectivity index (χ0v) is 9.86. The number of rotatable bonds is 0. The molecule has 1 heterocycles. The molecule has 0 nitrogen and oxygen atoms in total. The van der Waals surface area contributed by atoms with Crippen LogP contribution in [0, 0.1) is 0 Å². The van der Waals surface area contributed by atoms with E-state index in [-0.39, 0.29) is 9.49 Å². The van der Waals surface area contributed by atoms with Crippen molar-refractivity contribution >= 4 is 23.5 Å². The maximum atomic E-state index is 4.00. The molecule has 1 saturated heterocycles. The molecule has 12 heavy (non-hydrogen) atoms. The van der Waals surface area contributed by atoms with Crippen molar-refractivity contribution in [1.82, 2.24) is 0 Å². The molecule has 0 radical (unpaired) electrons. The van der Waals surface area contributed by atoms with Gasteiger partial charge in [-0.2, -0.15) is 0 Å². The summed E-state index contributed by atoms with van der Waals surface area (Å²) in [7, 11) is 0. The van der Waals surface area contributed by atoms with Gasteiger partial charge in [0.15, 0.2) is 0 Å². The molecular weight excluding hydrogens is 184 g/mol. The monoisotopic (exact) mass is 200 g/mol. The highest BCUT2D eigenvalue weighted by molar-refractivity contribution is 8.13. The van der Waals surface area contributed by atoms with Gasteiger partial charge in [0.25, 0.3) is 0 Å². The van der Waals surface area contributed by atoms with Crippen molar-refractivity contribution < 1.29 is 0 Å². The summed E-state index contributed by atoms with van der Waals surface area (Å²) in [6.45, 7) is 17.1. The van der Waals surface area contributed by atoms with Crippen LogP contribution < -0.4 is 0 Å². The van der Waals surface area contributed by atoms with Gasteiger partial charge in [-0.15, -0.1) is 23.5 Å². The molecule has 2 heteroatoms. The molecule has 1 fully saturated rings. The summed E-state index contributed by atoms with van der Waals surface area (Å²) in [5.74, 6) is 0. The van der Waals surface area contributed by atoms with Gasteiger partial charge in [0.2, 0.25) is 0 Å². The molecule has 0 bridgehead atoms. The second-order valence-electron chi connectivity index (χ2n) is 4.07. The summed E-state index contributed by atoms with van der Waals surface area (Å²) in [5.41, 5.74) is 0. The van der Waals surface area contributed by atoms with Crippen LogP contribution in [-0.2, 0) is 0 Å². The van der Waals surface area contributed by atoms with Gasteiger partial charge in [-0.05, 0) is 27.7 Å². The van der Waals surface area contributed by atoms with Crippen molar-refractivity contribution in [3.05, 3.63) is 23.0 Å². The summed E-state index contributed by atoms with van der Waals surface area (Å²) < 4.78 is 0.492. The molecule has 0 aromatic heterocycles. The predicted molar refractivity (Wildman–Crippen MR) is 61.6 cm³/mol. The zero-order valence-electron chi connectivity index (χ0n) is 8.23. The molecule has 0 saturated carbocycles. The molecule has 0 spiro atoms. The average Bonchev–Trinajstić information content (AvgIpc) is 1.82. The smallest absolute Gasteiger partial charge is 0.0295 e. The van der Waals surface area contributed by atoms with Crippen LogP contribution >= 0.6 is 23.5 Å². The molecule has 0 aromatic carbocycles. The summed E-state index contributed by atoms with van der Waals surface area (Å²) in [6, 6.07) is 0. The van der Waals surface area contributed by atoms with E-state index in [0.717, 1.165) is 9.81 Å². The van der Waals surface area contributed by atoms with Crippen molar-refractivity contribution in [3.63, 3.8) is 0 Å². The van der Waals surface area contributed by atoms with Crippen molar-refractivity contribution in [2.75, 3.05) is 0 Å². The lowest BCUT2D eigenvalue weighted by atomic mass is 9.98. The van der Waals surface area contributed by atoms with Crippen LogP contribution in [0.3, 0.4) is 0 Å². The average molecular weight is 200 g/mol. The Kier molecular flexibility index (Phi) is 2.43. The molecule has 1 aliphatic heterocycles. The van der Waals surface area contributed by atoms with Crippen LogP contribution in [0.5, 0.6) is 0 Å². The minimum atomic E-state index is 0.246. The Balaban J connectivity index is 2.95. The fraction of sp³-hybridized carbons (Fsp3) is 0.600. The van der Waals surface area contributed by atoms with Crippen LogP contribution in [0.25, 0.3) is 0 Å². The number of hydrogen-bond donors (Lipinski definition) is 0. The Morgan fingerprint density at radius 1 is 0.833 bits per heavy atom. The third kappa shape index (κ3) is 1.60. The molecular formula is C10H16S2. The van der Waals surface area contributed by atoms with Gasteiger partial charge in [-0.1, -0.05) is 13.2 Å². The minimum absolute atomic E-state index is 0.246. The quantitative estimate of drug-likeness (QED) is 0.578. The Morgan fingerprint density at radius 3 is 1.33 bits per heavy atom. The third-order valence-corrected chi connectivity index (χ3v) is 5.80. The molecule has 0 aliphatic carbocycles. The standard InChI is InChI=1S/C10H16S2/c1-7-8(2)12-10(5,6)9(3,4)11-7/h1-2H2,3-6H3. The predicted octanol–water partition coefficient (Wildman–Crippen LogP) is 4.05. The Bertz CT molecular complexity index is 210. The van der Waals surface area contributed by atoms with E-state index in [1.54, 1.807) is 0 Å². The van der Waals surface area contributed by atoms with E-state index in [1.807, 2.05) is 23.5 Å². The van der Waals surface area contributed by atoms with Gasteiger partial charge in [0, 0.05) is 19.3 Å². The van der Waals surface area contributed by atoms with Gasteiger partial charge >= 0.3 is 0 Å². The molecule has 68 valence electrons. The van der Waals surface area contributed by atoms with Gasteiger partial charge < -0.3 is 0 Å². The second kappa shape index (κ2) is 2.85. The molecule has 0 amide bonds. The van der Waals surface area contributed by atoms with Crippen molar-refractivity contribution in [2.45, 2.75) is 37.2 Å². The summed E-state index contributed by atoms with van der Waals surface area (Å²) in [6.07, 6.45) is 0. The fourth-order valence-electron chi connectivity index (χ4n) is 0.976. The first kappa shape index (κ1) is 10.3. The Hall–Kier alpha value is 0.180. The van der Waals surface area contributed by atoms with Gasteiger partial charge in [0.05, 0.1) is 0 Å². The van der Waals surface area contributed by atoms with Crippen LogP contribution in [-0.4, -0.2) is 9.49 Å². The first-order chi connectivity index (χ1) is 5.26. The van der Waals surface area contributed by atoms with Crippen molar-refractivity contribution in [3.8, 4) is 0 Å². The number of thioether (sulfide) groups is 2. The lowest BCUT2D eigenvalue weighted by Gasteiger charge is -2.45. The molecule has 0 aromatic rings. The molecule has 0 N–H and O–H groups in total. The highest BCUT2D eigenvalue weighted by atomic mass is 32.2. The molecule has 0 unspecified atom stereocenters. The third-order valence-electron chi connectivity index (χ3n) is 2.52. The normalized spacial score (nSPS) is 27.3. The topological polar surface area (TPSA) is 0 Å². The van der Waals surface area contributed by atoms with Gasteiger partial charge in [-0.3, -0.25) is 0 Å². The van der Waals surface area contributed by atoms with E-state index in [4.69, 9.17) is 0 Å². The van der Waals surface area contributed by atoms with E-state index >= 15 is 0 Å². The zero-order chi connectivity index (χ0) is 9.57. The Labute approximate surface area is 83.9 Å². The maximum absolute atomic E-state index is 4.00. The first-order valence-electron chi connectivity index (χ1n) is 4.02. The van der Waals surface area contributed by atoms with Crippen molar-refractivity contribution in [2.24, 2.45) is 0 Å². The van der Waals surface area contributed by atoms with E-state index in [2.05, 4.69) is 40.9 Å². The molecule has 1 aliphatic rings. The first-order valence-corrected chi connectivity index (χ1v) is 5.66. The maximum Gasteiger partial charge on any atom is 0.0295 e. The molecule has 0 atom stereocenters. The second-order valence-corrected chi connectivity index (χ2v) is 7.51. The summed E-state index contributed by atoms with van der Waals surface area (Å²) >= 11 is 3.69. The fourth-order valence-corrected chi connectivity index (χ4v) is 3.43. The van der Waals surface area contributed by atoms with E-state index in [1.165, 1.54) is 0 Å². The van der Waals surface area contributed by atoms with Gasteiger partial charge in [-0.25, -0.2) is 0 Å². The van der Waals surface area contributed by atoms with E-state index in [0.29, 0.717) is 0 Å². The summed E-state index contributed by atoms with van der Waals surface area (Å²) in [4.78, 5) is 2.26. The lowest BCUT2D eigenvalue weighted by molar-refractivity contribution is 0.553. The summed E-state index contributed by atoms with van der Waals surface area (Å²) in [5, 5.41) is 0. The highest BCUT2D eigenvalue weighted by Gasteiger charge is 2.43. The molecule has 1 rings (SSSR count). The minimum Gasteiger partial charge on any atom is -0.118 e. The lowest BCUT2D eigenvalue weighted by Crippen LogP contribution is -2.41. The van der Waals surface area contributed by atoms with Gasteiger partial charge in [0.1, 0.15) is 0 Å². The SMILES string of the molecule is C=C1SC(C)(C)C(C)(C)SC1=C. The largest absolute Gasteiger partial charge is 0.118 e. The van der Waals surface area contributed by atoms with E-state index < -0.39 is 0 Å². The van der Waals surface area contributed by atoms with Crippen LogP contribution in [0.4, 0.5) is 0 Å². The van der Waals surface area contributed by atoms with Crippen LogP contribution in [0.1, 0.15) is 27.7 Å². The number of hydrogen-bond acceptors (Lipinski definition) is 2.